The quantitative estimate of drug-likeness (QED) is 0.785. The van der Waals surface area contributed by atoms with Gasteiger partial charge in [0.15, 0.2) is 11.5 Å². The molecule has 1 atom stereocenters. The SMILES string of the molecule is NC(=O)c1ccc(N2CC[C@@H](OCCCc3ccccc3)C2)nn1. The van der Waals surface area contributed by atoms with Crippen LogP contribution in [0, 0.1) is 0 Å². The van der Waals surface area contributed by atoms with Gasteiger partial charge in [-0.3, -0.25) is 4.79 Å². The number of hydrogen-bond acceptors (Lipinski definition) is 5. The van der Waals surface area contributed by atoms with Gasteiger partial charge in [0.25, 0.3) is 5.91 Å². The van der Waals surface area contributed by atoms with E-state index in [0.717, 1.165) is 44.8 Å². The summed E-state index contributed by atoms with van der Waals surface area (Å²) < 4.78 is 5.97. The highest BCUT2D eigenvalue weighted by atomic mass is 16.5. The van der Waals surface area contributed by atoms with Crippen LogP contribution in [0.25, 0.3) is 0 Å². The molecule has 2 N–H and O–H groups in total. The van der Waals surface area contributed by atoms with E-state index in [4.69, 9.17) is 10.5 Å². The molecule has 2 aromatic rings. The number of rotatable bonds is 7. The van der Waals surface area contributed by atoms with E-state index in [-0.39, 0.29) is 11.8 Å². The maximum Gasteiger partial charge on any atom is 0.269 e. The Labute approximate surface area is 141 Å². The summed E-state index contributed by atoms with van der Waals surface area (Å²) in [6.07, 6.45) is 3.26. The Hall–Kier alpha value is -2.47. The molecule has 1 aliphatic heterocycles. The van der Waals surface area contributed by atoms with Crippen molar-refractivity contribution in [1.29, 1.82) is 0 Å². The molecular formula is C18H22N4O2. The Morgan fingerprint density at radius 3 is 2.75 bits per heavy atom. The van der Waals surface area contributed by atoms with Crippen LogP contribution in [0.3, 0.4) is 0 Å². The summed E-state index contributed by atoms with van der Waals surface area (Å²) in [6.45, 7) is 2.45. The fourth-order valence-electron chi connectivity index (χ4n) is 2.87. The van der Waals surface area contributed by atoms with Gasteiger partial charge in [0, 0.05) is 19.7 Å². The number of aromatic nitrogens is 2. The van der Waals surface area contributed by atoms with Crippen molar-refractivity contribution in [2.24, 2.45) is 5.73 Å². The first-order valence-electron chi connectivity index (χ1n) is 8.26. The van der Waals surface area contributed by atoms with Gasteiger partial charge in [-0.05, 0) is 37.0 Å². The number of nitrogens with two attached hydrogens (primary N) is 1. The van der Waals surface area contributed by atoms with Crippen molar-refractivity contribution in [3.63, 3.8) is 0 Å². The van der Waals surface area contributed by atoms with Crippen LogP contribution in [0.15, 0.2) is 42.5 Å². The monoisotopic (exact) mass is 326 g/mol. The maximum absolute atomic E-state index is 11.0. The van der Waals surface area contributed by atoms with E-state index in [1.807, 2.05) is 6.07 Å². The number of carbonyl (C=O) groups is 1. The Kier molecular flexibility index (Phi) is 5.38. The van der Waals surface area contributed by atoms with Crippen molar-refractivity contribution in [2.45, 2.75) is 25.4 Å². The second-order valence-corrected chi connectivity index (χ2v) is 5.96. The van der Waals surface area contributed by atoms with Crippen LogP contribution in [0.1, 0.15) is 28.9 Å². The van der Waals surface area contributed by atoms with Crippen LogP contribution < -0.4 is 10.6 Å². The molecule has 0 bridgehead atoms. The zero-order chi connectivity index (χ0) is 16.8. The molecule has 0 radical (unpaired) electrons. The lowest BCUT2D eigenvalue weighted by atomic mass is 10.1. The van der Waals surface area contributed by atoms with Gasteiger partial charge in [-0.15, -0.1) is 10.2 Å². The number of aryl methyl sites for hydroxylation is 1. The number of primary amides is 1. The molecule has 1 aromatic carbocycles. The molecule has 0 aliphatic carbocycles. The van der Waals surface area contributed by atoms with E-state index in [1.54, 1.807) is 12.1 Å². The molecule has 0 spiro atoms. The van der Waals surface area contributed by atoms with Gasteiger partial charge < -0.3 is 15.4 Å². The normalized spacial score (nSPS) is 17.2. The van der Waals surface area contributed by atoms with E-state index in [9.17, 15) is 4.79 Å². The molecule has 3 rings (SSSR count). The topological polar surface area (TPSA) is 81.3 Å². The predicted molar refractivity (Wildman–Crippen MR) is 91.9 cm³/mol. The second kappa shape index (κ2) is 7.88. The first-order valence-corrected chi connectivity index (χ1v) is 8.26. The average molecular weight is 326 g/mol. The summed E-state index contributed by atoms with van der Waals surface area (Å²) in [7, 11) is 0. The van der Waals surface area contributed by atoms with E-state index in [0.29, 0.717) is 0 Å². The molecule has 2 heterocycles. The average Bonchev–Trinajstić information content (AvgIpc) is 3.09. The number of ether oxygens (including phenoxy) is 1. The fourth-order valence-corrected chi connectivity index (χ4v) is 2.87. The van der Waals surface area contributed by atoms with Crippen LogP contribution in [-0.2, 0) is 11.2 Å². The summed E-state index contributed by atoms with van der Waals surface area (Å²) in [5, 5.41) is 7.92. The molecule has 126 valence electrons. The van der Waals surface area contributed by atoms with Crippen LogP contribution >= 0.6 is 0 Å². The highest BCUT2D eigenvalue weighted by molar-refractivity contribution is 5.90. The van der Waals surface area contributed by atoms with Gasteiger partial charge in [-0.25, -0.2) is 0 Å². The number of hydrogen-bond donors (Lipinski definition) is 1. The molecule has 24 heavy (non-hydrogen) atoms. The smallest absolute Gasteiger partial charge is 0.269 e. The van der Waals surface area contributed by atoms with Gasteiger partial charge in [0.2, 0.25) is 0 Å². The van der Waals surface area contributed by atoms with E-state index in [2.05, 4.69) is 39.4 Å². The first-order chi connectivity index (χ1) is 11.7. The standard InChI is InChI=1S/C18H22N4O2/c19-18(23)16-8-9-17(21-20-16)22-11-10-15(13-22)24-12-4-7-14-5-2-1-3-6-14/h1-3,5-6,8-9,15H,4,7,10-13H2,(H2,19,23)/t15-/m1/s1. The number of carbonyl (C=O) groups excluding carboxylic acids is 1. The van der Waals surface area contributed by atoms with Crippen LogP contribution in [0.4, 0.5) is 5.82 Å². The van der Waals surface area contributed by atoms with Crippen LogP contribution in [-0.4, -0.2) is 41.9 Å². The van der Waals surface area contributed by atoms with Crippen molar-refractivity contribution in [3.8, 4) is 0 Å². The highest BCUT2D eigenvalue weighted by Crippen LogP contribution is 2.19. The van der Waals surface area contributed by atoms with Gasteiger partial charge in [0.05, 0.1) is 6.10 Å². The van der Waals surface area contributed by atoms with Crippen molar-refractivity contribution in [1.82, 2.24) is 10.2 Å². The minimum atomic E-state index is -0.560. The van der Waals surface area contributed by atoms with Gasteiger partial charge in [-0.1, -0.05) is 30.3 Å². The molecule has 6 nitrogen and oxygen atoms in total. The number of anilines is 1. The molecular weight excluding hydrogens is 304 g/mol. The van der Waals surface area contributed by atoms with E-state index >= 15 is 0 Å². The van der Waals surface area contributed by atoms with Crippen molar-refractivity contribution < 1.29 is 9.53 Å². The third-order valence-corrected chi connectivity index (χ3v) is 4.18. The summed E-state index contributed by atoms with van der Waals surface area (Å²) in [5.74, 6) is 0.200. The summed E-state index contributed by atoms with van der Waals surface area (Å²) in [4.78, 5) is 13.1. The molecule has 1 saturated heterocycles. The summed E-state index contributed by atoms with van der Waals surface area (Å²) >= 11 is 0. The van der Waals surface area contributed by atoms with Crippen molar-refractivity contribution in [3.05, 3.63) is 53.7 Å². The zero-order valence-corrected chi connectivity index (χ0v) is 13.6. The van der Waals surface area contributed by atoms with Gasteiger partial charge >= 0.3 is 0 Å². The Morgan fingerprint density at radius 2 is 2.04 bits per heavy atom. The van der Waals surface area contributed by atoms with E-state index < -0.39 is 5.91 Å². The summed E-state index contributed by atoms with van der Waals surface area (Å²) in [5.41, 5.74) is 6.71. The van der Waals surface area contributed by atoms with Crippen molar-refractivity contribution >= 4 is 11.7 Å². The Morgan fingerprint density at radius 1 is 1.21 bits per heavy atom. The molecule has 0 unspecified atom stereocenters. The lowest BCUT2D eigenvalue weighted by molar-refractivity contribution is 0.0666. The van der Waals surface area contributed by atoms with Crippen LogP contribution in [0.2, 0.25) is 0 Å². The van der Waals surface area contributed by atoms with Crippen LogP contribution in [0.5, 0.6) is 0 Å². The molecule has 6 heteroatoms. The van der Waals surface area contributed by atoms with Gasteiger partial charge in [-0.2, -0.15) is 0 Å². The zero-order valence-electron chi connectivity index (χ0n) is 13.6. The van der Waals surface area contributed by atoms with Gasteiger partial charge in [0.1, 0.15) is 0 Å². The predicted octanol–water partition coefficient (Wildman–Crippen LogP) is 1.80. The highest BCUT2D eigenvalue weighted by Gasteiger charge is 2.24. The third kappa shape index (κ3) is 4.29. The Bertz CT molecular complexity index is 660. The lowest BCUT2D eigenvalue weighted by Crippen LogP contribution is -2.25. The van der Waals surface area contributed by atoms with E-state index in [1.165, 1.54) is 5.56 Å². The lowest BCUT2D eigenvalue weighted by Gasteiger charge is -2.17. The molecule has 1 aromatic heterocycles. The molecule has 0 saturated carbocycles. The molecule has 1 fully saturated rings. The first kappa shape index (κ1) is 16.4. The third-order valence-electron chi connectivity index (χ3n) is 4.18. The summed E-state index contributed by atoms with van der Waals surface area (Å²) in [6, 6.07) is 13.8. The number of amides is 1. The Balaban J connectivity index is 1.41. The largest absolute Gasteiger partial charge is 0.376 e. The molecule has 1 aliphatic rings. The number of nitrogens with zero attached hydrogens (tertiary/aromatic N) is 3. The van der Waals surface area contributed by atoms with Crippen molar-refractivity contribution in [2.75, 3.05) is 24.6 Å². The second-order valence-electron chi connectivity index (χ2n) is 5.96. The minimum Gasteiger partial charge on any atom is -0.376 e. The molecule has 1 amide bonds. The minimum absolute atomic E-state index is 0.187. The number of benzene rings is 1. The fraction of sp³-hybridized carbons (Fsp3) is 0.389. The maximum atomic E-state index is 11.0.